The maximum Gasteiger partial charge on any atom is 2.00 e. The Balaban J connectivity index is 0.000000640. The van der Waals surface area contributed by atoms with Gasteiger partial charge in [-0.3, -0.25) is 0 Å². The Morgan fingerprint density at radius 1 is 1.56 bits per heavy atom. The molecule has 1 aliphatic rings. The largest absolute Gasteiger partial charge is 2.00 e. The zero-order valence-corrected chi connectivity index (χ0v) is 8.95. The van der Waals surface area contributed by atoms with Crippen molar-refractivity contribution in [1.29, 1.82) is 0 Å². The summed E-state index contributed by atoms with van der Waals surface area (Å²) in [5, 5.41) is 0. The van der Waals surface area contributed by atoms with E-state index in [1.54, 1.807) is 0 Å². The van der Waals surface area contributed by atoms with Gasteiger partial charge in [0.1, 0.15) is 0 Å². The fourth-order valence-electron chi connectivity index (χ4n) is 0.960. The van der Waals surface area contributed by atoms with E-state index in [2.05, 4.69) is 20.8 Å². The SMILES string of the molecule is [CH2-]CC(C)C1([CH2-])CC1.[W+2]. The summed E-state index contributed by atoms with van der Waals surface area (Å²) in [6, 6.07) is 0. The van der Waals surface area contributed by atoms with Gasteiger partial charge in [-0.05, 0) is 0 Å². The van der Waals surface area contributed by atoms with Crippen molar-refractivity contribution in [3.05, 3.63) is 13.8 Å². The van der Waals surface area contributed by atoms with Crippen LogP contribution >= 0.6 is 0 Å². The second kappa shape index (κ2) is 3.19. The van der Waals surface area contributed by atoms with E-state index in [1.807, 2.05) is 0 Å². The maximum absolute atomic E-state index is 4.11. The first-order valence-electron chi connectivity index (χ1n) is 3.33. The molecule has 9 heavy (non-hydrogen) atoms. The van der Waals surface area contributed by atoms with Crippen LogP contribution < -0.4 is 0 Å². The number of hydrogen-bond acceptors (Lipinski definition) is 0. The Morgan fingerprint density at radius 3 is 2.11 bits per heavy atom. The van der Waals surface area contributed by atoms with Crippen LogP contribution in [-0.4, -0.2) is 0 Å². The van der Waals surface area contributed by atoms with E-state index in [0.29, 0.717) is 5.41 Å². The fourth-order valence-corrected chi connectivity index (χ4v) is 0.960. The van der Waals surface area contributed by atoms with Crippen molar-refractivity contribution in [3.8, 4) is 0 Å². The average Bonchev–Trinajstić information content (AvgIpc) is 2.47. The molecular formula is C8H14W. The van der Waals surface area contributed by atoms with Gasteiger partial charge in [0.05, 0.1) is 0 Å². The van der Waals surface area contributed by atoms with Crippen molar-refractivity contribution in [1.82, 2.24) is 0 Å². The molecule has 1 saturated carbocycles. The van der Waals surface area contributed by atoms with Crippen molar-refractivity contribution in [3.63, 3.8) is 0 Å². The molecule has 1 atom stereocenters. The summed E-state index contributed by atoms with van der Waals surface area (Å²) in [6.07, 6.45) is 3.69. The van der Waals surface area contributed by atoms with E-state index in [-0.39, 0.29) is 21.1 Å². The fraction of sp³-hybridized carbons (Fsp3) is 0.750. The van der Waals surface area contributed by atoms with Crippen LogP contribution in [0.5, 0.6) is 0 Å². The topological polar surface area (TPSA) is 0 Å². The summed E-state index contributed by atoms with van der Waals surface area (Å²) in [5.74, 6) is 0.738. The molecule has 1 heteroatoms. The van der Waals surface area contributed by atoms with E-state index in [4.69, 9.17) is 0 Å². The van der Waals surface area contributed by atoms with Gasteiger partial charge in [-0.25, -0.2) is 0 Å². The average molecular weight is 294 g/mol. The Morgan fingerprint density at radius 2 is 2.00 bits per heavy atom. The van der Waals surface area contributed by atoms with Gasteiger partial charge < -0.3 is 13.8 Å². The summed E-state index contributed by atoms with van der Waals surface area (Å²) in [6.45, 7) is 10.2. The predicted octanol–water partition coefficient (Wildman–Crippen LogP) is 2.46. The summed E-state index contributed by atoms with van der Waals surface area (Å²) in [7, 11) is 0. The standard InChI is InChI=1S/C8H14.W/c1-4-7(2)8(3)5-6-8;/h7H,1,3-6H2,2H3;/q-2;+2. The van der Waals surface area contributed by atoms with Crippen LogP contribution in [0.15, 0.2) is 0 Å². The third kappa shape index (κ3) is 2.07. The smallest absolute Gasteiger partial charge is 0.343 e. The molecule has 0 saturated heterocycles. The van der Waals surface area contributed by atoms with Crippen molar-refractivity contribution >= 4 is 0 Å². The Bertz CT molecular complexity index is 84.6. The van der Waals surface area contributed by atoms with Gasteiger partial charge in [-0.15, -0.1) is 0 Å². The molecule has 0 bridgehead atoms. The second-order valence-electron chi connectivity index (χ2n) is 3.05. The minimum Gasteiger partial charge on any atom is -0.343 e. The van der Waals surface area contributed by atoms with Gasteiger partial charge in [-0.2, -0.15) is 11.8 Å². The zero-order valence-electron chi connectivity index (χ0n) is 6.02. The van der Waals surface area contributed by atoms with Gasteiger partial charge in [0.2, 0.25) is 0 Å². The molecule has 0 aromatic heterocycles. The molecule has 52 valence electrons. The van der Waals surface area contributed by atoms with E-state index in [1.165, 1.54) is 12.8 Å². The molecule has 0 nitrogen and oxygen atoms in total. The minimum absolute atomic E-state index is 0. The van der Waals surface area contributed by atoms with E-state index in [9.17, 15) is 0 Å². The van der Waals surface area contributed by atoms with Crippen LogP contribution in [0.3, 0.4) is 0 Å². The second-order valence-corrected chi connectivity index (χ2v) is 3.05. The van der Waals surface area contributed by atoms with Crippen LogP contribution in [0.1, 0.15) is 26.2 Å². The number of rotatable bonds is 2. The molecule has 1 rings (SSSR count). The first kappa shape index (κ1) is 9.69. The third-order valence-corrected chi connectivity index (χ3v) is 2.37. The minimum atomic E-state index is 0. The molecular weight excluding hydrogens is 280 g/mol. The molecule has 0 aromatic rings. The van der Waals surface area contributed by atoms with Gasteiger partial charge >= 0.3 is 21.1 Å². The first-order valence-corrected chi connectivity index (χ1v) is 3.33. The first-order chi connectivity index (χ1) is 3.69. The predicted molar refractivity (Wildman–Crippen MR) is 36.2 cm³/mol. The summed E-state index contributed by atoms with van der Waals surface area (Å²) >= 11 is 0. The van der Waals surface area contributed by atoms with E-state index in [0.717, 1.165) is 12.3 Å². The normalized spacial score (nSPS) is 24.3. The molecule has 0 aliphatic heterocycles. The summed E-state index contributed by atoms with van der Waals surface area (Å²) < 4.78 is 0. The zero-order chi connectivity index (χ0) is 6.20. The van der Waals surface area contributed by atoms with Crippen molar-refractivity contribution in [2.24, 2.45) is 11.3 Å². The van der Waals surface area contributed by atoms with Crippen LogP contribution in [0.25, 0.3) is 0 Å². The summed E-state index contributed by atoms with van der Waals surface area (Å²) in [5.41, 5.74) is 0.446. The molecule has 0 amide bonds. The maximum atomic E-state index is 4.11. The molecule has 1 aliphatic carbocycles. The summed E-state index contributed by atoms with van der Waals surface area (Å²) in [4.78, 5) is 0. The monoisotopic (exact) mass is 294 g/mol. The quantitative estimate of drug-likeness (QED) is 0.686. The van der Waals surface area contributed by atoms with Crippen molar-refractivity contribution < 1.29 is 21.1 Å². The van der Waals surface area contributed by atoms with Crippen molar-refractivity contribution in [2.75, 3.05) is 0 Å². The van der Waals surface area contributed by atoms with E-state index >= 15 is 0 Å². The Hall–Kier alpha value is 0.688. The molecule has 0 spiro atoms. The molecule has 0 N–H and O–H groups in total. The molecule has 0 radical (unpaired) electrons. The molecule has 0 aromatic carbocycles. The van der Waals surface area contributed by atoms with Gasteiger partial charge in [0.15, 0.2) is 0 Å². The van der Waals surface area contributed by atoms with Crippen LogP contribution in [0.4, 0.5) is 0 Å². The molecule has 1 unspecified atom stereocenters. The van der Waals surface area contributed by atoms with Gasteiger partial charge in [-0.1, -0.05) is 25.7 Å². The Labute approximate surface area is 72.7 Å². The molecule has 0 heterocycles. The van der Waals surface area contributed by atoms with E-state index < -0.39 is 0 Å². The Kier molecular flexibility index (Phi) is 3.43. The van der Waals surface area contributed by atoms with Crippen LogP contribution in [0.2, 0.25) is 0 Å². The van der Waals surface area contributed by atoms with Crippen LogP contribution in [-0.2, 0) is 21.1 Å². The van der Waals surface area contributed by atoms with Gasteiger partial charge in [0, 0.05) is 0 Å². The van der Waals surface area contributed by atoms with Crippen molar-refractivity contribution in [2.45, 2.75) is 26.2 Å². The van der Waals surface area contributed by atoms with Gasteiger partial charge in [0.25, 0.3) is 0 Å². The van der Waals surface area contributed by atoms with Crippen LogP contribution in [0, 0.1) is 25.2 Å². The number of hydrogen-bond donors (Lipinski definition) is 0. The third-order valence-electron chi connectivity index (χ3n) is 2.37. The molecule has 1 fully saturated rings.